The molecule has 0 bridgehead atoms. The molecule has 0 aliphatic heterocycles. The fourth-order valence-electron chi connectivity index (χ4n) is 2.33. The maximum absolute atomic E-state index is 13.3. The zero-order valence-corrected chi connectivity index (χ0v) is 12.9. The molecule has 0 aliphatic rings. The van der Waals surface area contributed by atoms with Crippen LogP contribution in [0.1, 0.15) is 30.8 Å². The zero-order valence-electron chi connectivity index (χ0n) is 12.1. The first-order valence-corrected chi connectivity index (χ1v) is 7.03. The minimum Gasteiger partial charge on any atom is -0.385 e. The van der Waals surface area contributed by atoms with Crippen molar-refractivity contribution in [1.82, 2.24) is 9.78 Å². The van der Waals surface area contributed by atoms with E-state index in [4.69, 9.17) is 11.6 Å². The van der Waals surface area contributed by atoms with Gasteiger partial charge in [0.05, 0.1) is 22.0 Å². The molecule has 1 unspecified atom stereocenters. The average molecular weight is 315 g/mol. The van der Waals surface area contributed by atoms with Gasteiger partial charge in [-0.2, -0.15) is 5.10 Å². The fourth-order valence-corrected chi connectivity index (χ4v) is 2.53. The summed E-state index contributed by atoms with van der Waals surface area (Å²) in [7, 11) is 0. The molecule has 1 atom stereocenters. The Balaban J connectivity index is 2.41. The van der Waals surface area contributed by atoms with E-state index in [9.17, 15) is 13.9 Å². The van der Waals surface area contributed by atoms with Crippen molar-refractivity contribution in [2.75, 3.05) is 0 Å². The Morgan fingerprint density at radius 1 is 1.29 bits per heavy atom. The van der Waals surface area contributed by atoms with E-state index in [1.165, 1.54) is 6.92 Å². The molecule has 21 heavy (non-hydrogen) atoms. The molecular formula is C15H17ClF2N2O. The van der Waals surface area contributed by atoms with Crippen LogP contribution in [0, 0.1) is 18.6 Å². The lowest BCUT2D eigenvalue weighted by atomic mass is 9.90. The van der Waals surface area contributed by atoms with Crippen LogP contribution in [0.2, 0.25) is 5.02 Å². The van der Waals surface area contributed by atoms with Crippen LogP contribution in [0.3, 0.4) is 0 Å². The third-order valence-electron chi connectivity index (χ3n) is 3.45. The Morgan fingerprint density at radius 2 is 1.86 bits per heavy atom. The predicted molar refractivity (Wildman–Crippen MR) is 77.3 cm³/mol. The summed E-state index contributed by atoms with van der Waals surface area (Å²) in [6.07, 6.45) is 0.114. The molecule has 1 N–H and O–H groups in total. The molecule has 0 aliphatic carbocycles. The van der Waals surface area contributed by atoms with Gasteiger partial charge in [-0.15, -0.1) is 0 Å². The molecule has 0 amide bonds. The third kappa shape index (κ3) is 3.24. The topological polar surface area (TPSA) is 38.0 Å². The predicted octanol–water partition coefficient (Wildman–Crippen LogP) is 3.59. The van der Waals surface area contributed by atoms with E-state index in [1.54, 1.807) is 11.6 Å². The highest BCUT2D eigenvalue weighted by molar-refractivity contribution is 6.31. The van der Waals surface area contributed by atoms with Crippen LogP contribution in [0.5, 0.6) is 0 Å². The molecule has 2 rings (SSSR count). The van der Waals surface area contributed by atoms with E-state index >= 15 is 0 Å². The maximum Gasteiger partial charge on any atom is 0.126 e. The second kappa shape index (κ2) is 5.73. The number of aromatic nitrogens is 2. The highest BCUT2D eigenvalue weighted by Gasteiger charge is 2.28. The van der Waals surface area contributed by atoms with Crippen LogP contribution >= 0.6 is 11.6 Å². The van der Waals surface area contributed by atoms with Crippen molar-refractivity contribution in [2.45, 2.75) is 39.3 Å². The second-order valence-electron chi connectivity index (χ2n) is 5.27. The molecule has 114 valence electrons. The number of nitrogens with zero attached hydrogens (tertiary/aromatic N) is 2. The van der Waals surface area contributed by atoms with Crippen LogP contribution in [-0.4, -0.2) is 14.9 Å². The third-order valence-corrected chi connectivity index (χ3v) is 3.94. The molecule has 0 saturated carbocycles. The average Bonchev–Trinajstić information content (AvgIpc) is 2.65. The van der Waals surface area contributed by atoms with Crippen molar-refractivity contribution in [2.24, 2.45) is 0 Å². The molecular weight excluding hydrogens is 298 g/mol. The summed E-state index contributed by atoms with van der Waals surface area (Å²) in [5.74, 6) is -1.45. The van der Waals surface area contributed by atoms with Gasteiger partial charge in [0.15, 0.2) is 0 Å². The van der Waals surface area contributed by atoms with Gasteiger partial charge in [-0.3, -0.25) is 4.68 Å². The summed E-state index contributed by atoms with van der Waals surface area (Å²) < 4.78 is 28.3. The van der Waals surface area contributed by atoms with Gasteiger partial charge in [-0.05, 0) is 38.5 Å². The van der Waals surface area contributed by atoms with Gasteiger partial charge in [-0.1, -0.05) is 11.6 Å². The van der Waals surface area contributed by atoms with Crippen LogP contribution in [0.4, 0.5) is 8.78 Å². The molecule has 3 nitrogen and oxygen atoms in total. The lowest BCUT2D eigenvalue weighted by Gasteiger charge is -2.24. The number of aliphatic hydroxyl groups is 1. The number of aryl methyl sites for hydroxylation is 2. The van der Waals surface area contributed by atoms with E-state index in [2.05, 4.69) is 5.10 Å². The molecule has 1 heterocycles. The standard InChI is InChI=1S/C15H17ClF2N2O/c1-4-20-13(14(16)9(2)19-20)8-15(3,21)10-5-11(17)7-12(18)6-10/h5-7,21H,4,8H2,1-3H3. The molecule has 1 aromatic carbocycles. The lowest BCUT2D eigenvalue weighted by Crippen LogP contribution is -2.26. The Kier molecular flexibility index (Phi) is 4.35. The van der Waals surface area contributed by atoms with Gasteiger partial charge in [0.1, 0.15) is 11.6 Å². The van der Waals surface area contributed by atoms with Crippen molar-refractivity contribution in [3.05, 3.63) is 51.8 Å². The highest BCUT2D eigenvalue weighted by Crippen LogP contribution is 2.31. The van der Waals surface area contributed by atoms with Crippen molar-refractivity contribution >= 4 is 11.6 Å². The normalized spacial score (nSPS) is 14.2. The maximum atomic E-state index is 13.3. The number of rotatable bonds is 4. The summed E-state index contributed by atoms with van der Waals surface area (Å²) in [6, 6.07) is 3.01. The van der Waals surface area contributed by atoms with Gasteiger partial charge >= 0.3 is 0 Å². The van der Waals surface area contributed by atoms with Crippen LogP contribution in [0.15, 0.2) is 18.2 Å². The Labute approximate surface area is 127 Å². The SMILES string of the molecule is CCn1nc(C)c(Cl)c1CC(C)(O)c1cc(F)cc(F)c1. The first-order valence-electron chi connectivity index (χ1n) is 6.65. The molecule has 0 fully saturated rings. The summed E-state index contributed by atoms with van der Waals surface area (Å²) in [5.41, 5.74) is 0.0186. The van der Waals surface area contributed by atoms with Crippen LogP contribution in [0.25, 0.3) is 0 Å². The number of hydrogen-bond acceptors (Lipinski definition) is 2. The van der Waals surface area contributed by atoms with Gasteiger partial charge in [-0.25, -0.2) is 8.78 Å². The summed E-state index contributed by atoms with van der Waals surface area (Å²) in [6.45, 7) is 5.77. The zero-order chi connectivity index (χ0) is 15.8. The quantitative estimate of drug-likeness (QED) is 0.936. The summed E-state index contributed by atoms with van der Waals surface area (Å²) in [5, 5.41) is 15.3. The van der Waals surface area contributed by atoms with Crippen LogP contribution in [-0.2, 0) is 18.6 Å². The first kappa shape index (κ1) is 15.9. The van der Waals surface area contributed by atoms with Gasteiger partial charge in [0.2, 0.25) is 0 Å². The van der Waals surface area contributed by atoms with E-state index in [-0.39, 0.29) is 12.0 Å². The molecule has 6 heteroatoms. The Morgan fingerprint density at radius 3 is 2.38 bits per heavy atom. The number of hydrogen-bond donors (Lipinski definition) is 1. The van der Waals surface area contributed by atoms with Gasteiger partial charge < -0.3 is 5.11 Å². The largest absolute Gasteiger partial charge is 0.385 e. The molecule has 0 saturated heterocycles. The highest BCUT2D eigenvalue weighted by atomic mass is 35.5. The van der Waals surface area contributed by atoms with Crippen molar-refractivity contribution in [3.8, 4) is 0 Å². The van der Waals surface area contributed by atoms with Crippen molar-refractivity contribution < 1.29 is 13.9 Å². The van der Waals surface area contributed by atoms with Crippen molar-refractivity contribution in [3.63, 3.8) is 0 Å². The van der Waals surface area contributed by atoms with E-state index in [1.807, 2.05) is 6.92 Å². The Hall–Kier alpha value is -1.46. The Bertz CT molecular complexity index is 648. The number of halogens is 3. The van der Waals surface area contributed by atoms with Crippen LogP contribution < -0.4 is 0 Å². The van der Waals surface area contributed by atoms with E-state index in [0.29, 0.717) is 23.0 Å². The van der Waals surface area contributed by atoms with Gasteiger partial charge in [0.25, 0.3) is 0 Å². The first-order chi connectivity index (χ1) is 9.74. The summed E-state index contributed by atoms with van der Waals surface area (Å²) >= 11 is 6.21. The summed E-state index contributed by atoms with van der Waals surface area (Å²) in [4.78, 5) is 0. The van der Waals surface area contributed by atoms with E-state index < -0.39 is 17.2 Å². The minimum atomic E-state index is -1.45. The fraction of sp³-hybridized carbons (Fsp3) is 0.400. The lowest BCUT2D eigenvalue weighted by molar-refractivity contribution is 0.0547. The second-order valence-corrected chi connectivity index (χ2v) is 5.65. The molecule has 0 spiro atoms. The molecule has 1 aromatic heterocycles. The van der Waals surface area contributed by atoms with Gasteiger partial charge in [0, 0.05) is 19.0 Å². The smallest absolute Gasteiger partial charge is 0.126 e. The minimum absolute atomic E-state index is 0.114. The molecule has 0 radical (unpaired) electrons. The van der Waals surface area contributed by atoms with Crippen molar-refractivity contribution in [1.29, 1.82) is 0 Å². The number of benzene rings is 1. The monoisotopic (exact) mass is 314 g/mol. The molecule has 2 aromatic rings. The van der Waals surface area contributed by atoms with E-state index in [0.717, 1.165) is 18.2 Å².